The minimum atomic E-state index is -0.119. The number of methoxy groups -OCH3 is 1. The fourth-order valence-electron chi connectivity index (χ4n) is 2.71. The molecule has 0 bridgehead atoms. The van der Waals surface area contributed by atoms with Crippen LogP contribution in [0.25, 0.3) is 0 Å². The van der Waals surface area contributed by atoms with Crippen molar-refractivity contribution in [2.75, 3.05) is 26.5 Å². The van der Waals surface area contributed by atoms with Crippen molar-refractivity contribution in [3.05, 3.63) is 47.9 Å². The molecule has 126 valence electrons. The molecule has 6 nitrogen and oxygen atoms in total. The lowest BCUT2D eigenvalue weighted by Gasteiger charge is -2.14. The van der Waals surface area contributed by atoms with Gasteiger partial charge in [-0.1, -0.05) is 0 Å². The van der Waals surface area contributed by atoms with Gasteiger partial charge in [0.1, 0.15) is 11.5 Å². The van der Waals surface area contributed by atoms with E-state index in [0.717, 1.165) is 12.2 Å². The Bertz CT molecular complexity index is 752. The summed E-state index contributed by atoms with van der Waals surface area (Å²) in [6.45, 7) is 0. The number of anilines is 1. The molecule has 1 N–H and O–H groups in total. The zero-order chi connectivity index (χ0) is 17.3. The van der Waals surface area contributed by atoms with E-state index in [1.165, 1.54) is 12.0 Å². The van der Waals surface area contributed by atoms with Crippen molar-refractivity contribution >= 4 is 17.5 Å². The quantitative estimate of drug-likeness (QED) is 0.916. The van der Waals surface area contributed by atoms with Crippen molar-refractivity contribution in [1.29, 1.82) is 0 Å². The number of carbonyl (C=O) groups excluding carboxylic acids is 2. The van der Waals surface area contributed by atoms with Gasteiger partial charge in [-0.05, 0) is 36.8 Å². The summed E-state index contributed by atoms with van der Waals surface area (Å²) in [7, 11) is 4.89. The standard InChI is InChI=1S/C18H20N2O4/c1-20(2)18(22)11-6-7-14(16(9-11)23-3)19-17(21)13-10-12(13)15-5-4-8-24-15/h4-9,12-13H,10H2,1-3H3,(H,19,21)/t12-,13+/m1/s1. The fourth-order valence-corrected chi connectivity index (χ4v) is 2.71. The van der Waals surface area contributed by atoms with Gasteiger partial charge >= 0.3 is 0 Å². The van der Waals surface area contributed by atoms with Crippen LogP contribution in [-0.4, -0.2) is 37.9 Å². The van der Waals surface area contributed by atoms with E-state index in [9.17, 15) is 9.59 Å². The van der Waals surface area contributed by atoms with Crippen LogP contribution in [0, 0.1) is 5.92 Å². The summed E-state index contributed by atoms with van der Waals surface area (Å²) < 4.78 is 10.7. The van der Waals surface area contributed by atoms with Gasteiger partial charge in [-0.15, -0.1) is 0 Å². The summed E-state index contributed by atoms with van der Waals surface area (Å²) in [6.07, 6.45) is 2.39. The summed E-state index contributed by atoms with van der Waals surface area (Å²) in [4.78, 5) is 25.9. The highest BCUT2D eigenvalue weighted by Gasteiger charge is 2.46. The van der Waals surface area contributed by atoms with Crippen molar-refractivity contribution in [2.24, 2.45) is 5.92 Å². The summed E-state index contributed by atoms with van der Waals surface area (Å²) >= 11 is 0. The van der Waals surface area contributed by atoms with Gasteiger partial charge in [-0.2, -0.15) is 0 Å². The van der Waals surface area contributed by atoms with Gasteiger partial charge in [-0.25, -0.2) is 0 Å². The second-order valence-electron chi connectivity index (χ2n) is 6.07. The summed E-state index contributed by atoms with van der Waals surface area (Å²) in [5.74, 6) is 1.16. The van der Waals surface area contributed by atoms with Crippen LogP contribution >= 0.6 is 0 Å². The number of nitrogens with zero attached hydrogens (tertiary/aromatic N) is 1. The number of rotatable bonds is 5. The van der Waals surface area contributed by atoms with E-state index in [-0.39, 0.29) is 23.7 Å². The second kappa shape index (κ2) is 6.39. The highest BCUT2D eigenvalue weighted by molar-refractivity contribution is 5.98. The Morgan fingerprint density at radius 3 is 2.71 bits per heavy atom. The van der Waals surface area contributed by atoms with Crippen LogP contribution < -0.4 is 10.1 Å². The van der Waals surface area contributed by atoms with Crippen LogP contribution in [0.5, 0.6) is 5.75 Å². The third-order valence-corrected chi connectivity index (χ3v) is 4.15. The highest BCUT2D eigenvalue weighted by Crippen LogP contribution is 2.48. The number of furan rings is 1. The Morgan fingerprint density at radius 1 is 1.29 bits per heavy atom. The summed E-state index contributed by atoms with van der Waals surface area (Å²) in [5.41, 5.74) is 1.07. The van der Waals surface area contributed by atoms with E-state index in [2.05, 4.69) is 5.32 Å². The molecule has 6 heteroatoms. The molecule has 1 saturated carbocycles. The zero-order valence-electron chi connectivity index (χ0n) is 13.9. The number of hydrogen-bond donors (Lipinski definition) is 1. The number of carbonyl (C=O) groups is 2. The molecule has 2 aromatic rings. The van der Waals surface area contributed by atoms with Crippen LogP contribution in [0.15, 0.2) is 41.0 Å². The van der Waals surface area contributed by atoms with Crippen molar-refractivity contribution in [1.82, 2.24) is 4.90 Å². The number of nitrogens with one attached hydrogen (secondary N) is 1. The van der Waals surface area contributed by atoms with Gasteiger partial charge < -0.3 is 19.4 Å². The molecule has 0 saturated heterocycles. The Kier molecular flexibility index (Phi) is 4.29. The largest absolute Gasteiger partial charge is 0.495 e. The SMILES string of the molecule is COc1cc(C(=O)N(C)C)ccc1NC(=O)[C@H]1C[C@H]1c1ccco1. The molecule has 1 aromatic heterocycles. The normalized spacial score (nSPS) is 18.8. The lowest BCUT2D eigenvalue weighted by molar-refractivity contribution is -0.117. The molecule has 1 aliphatic rings. The molecular weight excluding hydrogens is 308 g/mol. The first-order valence-corrected chi connectivity index (χ1v) is 7.75. The molecule has 3 rings (SSSR count). The van der Waals surface area contributed by atoms with Crippen molar-refractivity contribution in [2.45, 2.75) is 12.3 Å². The smallest absolute Gasteiger partial charge is 0.253 e. The monoisotopic (exact) mass is 328 g/mol. The van der Waals surface area contributed by atoms with Gasteiger partial charge in [0.25, 0.3) is 5.91 Å². The maximum atomic E-state index is 12.4. The topological polar surface area (TPSA) is 71.8 Å². The Labute approximate surface area is 140 Å². The molecular formula is C18H20N2O4. The van der Waals surface area contributed by atoms with Crippen LogP contribution in [0.2, 0.25) is 0 Å². The molecule has 1 heterocycles. The Morgan fingerprint density at radius 2 is 2.08 bits per heavy atom. The molecule has 1 fully saturated rings. The van der Waals surface area contributed by atoms with Crippen molar-refractivity contribution < 1.29 is 18.7 Å². The van der Waals surface area contributed by atoms with Gasteiger partial charge in [0.2, 0.25) is 5.91 Å². The van der Waals surface area contributed by atoms with Crippen LogP contribution in [0.3, 0.4) is 0 Å². The predicted octanol–water partition coefficient (Wildman–Crippen LogP) is 2.73. The fraction of sp³-hybridized carbons (Fsp3) is 0.333. The van der Waals surface area contributed by atoms with Gasteiger partial charge in [-0.3, -0.25) is 9.59 Å². The molecule has 2 amide bonds. The third kappa shape index (κ3) is 3.13. The lowest BCUT2D eigenvalue weighted by atomic mass is 10.1. The first kappa shape index (κ1) is 16.1. The number of ether oxygens (including phenoxy) is 1. The highest BCUT2D eigenvalue weighted by atomic mass is 16.5. The Balaban J connectivity index is 1.71. The van der Waals surface area contributed by atoms with Crippen LogP contribution in [0.4, 0.5) is 5.69 Å². The average Bonchev–Trinajstić information content (AvgIpc) is 3.20. The molecule has 0 spiro atoms. The molecule has 24 heavy (non-hydrogen) atoms. The maximum Gasteiger partial charge on any atom is 0.253 e. The first-order chi connectivity index (χ1) is 11.5. The van der Waals surface area contributed by atoms with Gasteiger partial charge in [0.15, 0.2) is 0 Å². The van der Waals surface area contributed by atoms with E-state index in [0.29, 0.717) is 17.0 Å². The first-order valence-electron chi connectivity index (χ1n) is 7.75. The van der Waals surface area contributed by atoms with Crippen molar-refractivity contribution in [3.63, 3.8) is 0 Å². The molecule has 1 aliphatic carbocycles. The van der Waals surface area contributed by atoms with Gasteiger partial charge in [0, 0.05) is 31.5 Å². The number of hydrogen-bond acceptors (Lipinski definition) is 4. The minimum absolute atomic E-state index is 0.0682. The minimum Gasteiger partial charge on any atom is -0.495 e. The lowest BCUT2D eigenvalue weighted by Crippen LogP contribution is -2.22. The van der Waals surface area contributed by atoms with E-state index in [1.54, 1.807) is 38.6 Å². The summed E-state index contributed by atoms with van der Waals surface area (Å²) in [6, 6.07) is 8.72. The molecule has 1 aromatic carbocycles. The van der Waals surface area contributed by atoms with Crippen molar-refractivity contribution in [3.8, 4) is 5.75 Å². The number of amides is 2. The van der Waals surface area contributed by atoms with Crippen LogP contribution in [-0.2, 0) is 4.79 Å². The predicted molar refractivity (Wildman–Crippen MR) is 89.2 cm³/mol. The third-order valence-electron chi connectivity index (χ3n) is 4.15. The van der Waals surface area contributed by atoms with E-state index < -0.39 is 0 Å². The van der Waals surface area contributed by atoms with E-state index >= 15 is 0 Å². The molecule has 0 unspecified atom stereocenters. The second-order valence-corrected chi connectivity index (χ2v) is 6.07. The maximum absolute atomic E-state index is 12.4. The zero-order valence-corrected chi connectivity index (χ0v) is 13.9. The van der Waals surface area contributed by atoms with Gasteiger partial charge in [0.05, 0.1) is 19.1 Å². The molecule has 2 atom stereocenters. The molecule has 0 radical (unpaired) electrons. The van der Waals surface area contributed by atoms with E-state index in [1.807, 2.05) is 12.1 Å². The molecule has 0 aliphatic heterocycles. The van der Waals surface area contributed by atoms with E-state index in [4.69, 9.17) is 9.15 Å². The van der Waals surface area contributed by atoms with Crippen LogP contribution in [0.1, 0.15) is 28.5 Å². The Hall–Kier alpha value is -2.76. The summed E-state index contributed by atoms with van der Waals surface area (Å²) in [5, 5.41) is 2.88. The number of benzene rings is 1. The average molecular weight is 328 g/mol.